The topological polar surface area (TPSA) is 61.2 Å². The first-order valence-electron chi connectivity index (χ1n) is 9.60. The Kier molecular flexibility index (Phi) is 5.99. The number of methoxy groups -OCH3 is 2. The Morgan fingerprint density at radius 2 is 1.83 bits per heavy atom. The highest BCUT2D eigenvalue weighted by Gasteiger charge is 2.18. The van der Waals surface area contributed by atoms with Crippen LogP contribution in [0.5, 0.6) is 0 Å². The number of aromatic nitrogens is 3. The Hall–Kier alpha value is -2.93. The second-order valence-corrected chi connectivity index (χ2v) is 7.32. The molecule has 0 unspecified atom stereocenters. The molecule has 4 rings (SSSR count). The van der Waals surface area contributed by atoms with E-state index in [1.54, 1.807) is 20.5 Å². The van der Waals surface area contributed by atoms with Gasteiger partial charge in [-0.05, 0) is 30.2 Å². The summed E-state index contributed by atoms with van der Waals surface area (Å²) in [6.07, 6.45) is 3.25. The van der Waals surface area contributed by atoms with Crippen LogP contribution in [0.2, 0.25) is 5.02 Å². The van der Waals surface area contributed by atoms with Crippen LogP contribution in [-0.2, 0) is 9.47 Å². The minimum absolute atomic E-state index is 0.381. The summed E-state index contributed by atoms with van der Waals surface area (Å²) in [7, 11) is 3.22. The number of hydrogen-bond acceptors (Lipinski definition) is 5. The van der Waals surface area contributed by atoms with Gasteiger partial charge in [0.2, 0.25) is 0 Å². The molecule has 30 heavy (non-hydrogen) atoms. The number of benzene rings is 2. The summed E-state index contributed by atoms with van der Waals surface area (Å²) < 4.78 is 12.6. The molecular weight excluding hydrogens is 400 g/mol. The van der Waals surface area contributed by atoms with Crippen LogP contribution in [0.4, 0.5) is 5.82 Å². The molecule has 0 spiro atoms. The highest BCUT2D eigenvalue weighted by atomic mass is 35.5. The third-order valence-electron chi connectivity index (χ3n) is 5.06. The van der Waals surface area contributed by atoms with Crippen LogP contribution in [0.15, 0.2) is 61.1 Å². The van der Waals surface area contributed by atoms with Gasteiger partial charge in [0.15, 0.2) is 11.9 Å². The van der Waals surface area contributed by atoms with Crippen molar-refractivity contribution in [2.45, 2.75) is 13.2 Å². The molecular formula is C23H23ClN4O2. The van der Waals surface area contributed by atoms with Gasteiger partial charge in [0.25, 0.3) is 0 Å². The molecule has 0 fully saturated rings. The van der Waals surface area contributed by atoms with E-state index < -0.39 is 0 Å². The predicted octanol–water partition coefficient (Wildman–Crippen LogP) is 5.08. The second-order valence-electron chi connectivity index (χ2n) is 6.92. The molecule has 7 heteroatoms. The van der Waals surface area contributed by atoms with Gasteiger partial charge in [-0.1, -0.05) is 48.0 Å². The van der Waals surface area contributed by atoms with E-state index in [-0.39, 0.29) is 6.29 Å². The zero-order valence-electron chi connectivity index (χ0n) is 17.1. The average Bonchev–Trinajstić information content (AvgIpc) is 3.17. The van der Waals surface area contributed by atoms with Crippen LogP contribution in [0.1, 0.15) is 5.56 Å². The maximum atomic E-state index is 6.40. The third kappa shape index (κ3) is 3.89. The fourth-order valence-electron chi connectivity index (χ4n) is 3.40. The number of fused-ring (bicyclic) bond motifs is 1. The summed E-state index contributed by atoms with van der Waals surface area (Å²) in [5.74, 6) is 0.718. The van der Waals surface area contributed by atoms with E-state index in [1.165, 1.54) is 0 Å². The standard InChI is InChI=1S/C23H23ClN4O2/c1-15-9-10-17(11-19(15)24)28-13-18(16-7-5-4-6-8-16)21-22(26-14-27-23(21)28)25-12-20(29-2)30-3/h4-11,13-14,20H,12H2,1-3H3,(H,25,26,27). The van der Waals surface area contributed by atoms with Crippen LogP contribution >= 0.6 is 11.6 Å². The van der Waals surface area contributed by atoms with Crippen molar-refractivity contribution in [2.75, 3.05) is 26.1 Å². The smallest absolute Gasteiger partial charge is 0.173 e. The highest BCUT2D eigenvalue weighted by molar-refractivity contribution is 6.31. The summed E-state index contributed by atoms with van der Waals surface area (Å²) >= 11 is 6.40. The molecule has 154 valence electrons. The number of anilines is 1. The van der Waals surface area contributed by atoms with E-state index in [0.717, 1.165) is 39.2 Å². The molecule has 2 aromatic carbocycles. The second kappa shape index (κ2) is 8.83. The van der Waals surface area contributed by atoms with Gasteiger partial charge in [0, 0.05) is 36.7 Å². The Morgan fingerprint density at radius 3 is 2.53 bits per heavy atom. The largest absolute Gasteiger partial charge is 0.364 e. The van der Waals surface area contributed by atoms with E-state index >= 15 is 0 Å². The van der Waals surface area contributed by atoms with E-state index in [9.17, 15) is 0 Å². The van der Waals surface area contributed by atoms with Crippen molar-refractivity contribution in [3.8, 4) is 16.8 Å². The van der Waals surface area contributed by atoms with Gasteiger partial charge in [0.05, 0.1) is 11.9 Å². The molecule has 0 saturated carbocycles. The Balaban J connectivity index is 1.90. The molecule has 0 saturated heterocycles. The first kappa shape index (κ1) is 20.3. The number of nitrogens with zero attached hydrogens (tertiary/aromatic N) is 3. The van der Waals surface area contributed by atoms with E-state index in [2.05, 4.69) is 33.6 Å². The van der Waals surface area contributed by atoms with Gasteiger partial charge in [-0.2, -0.15) is 0 Å². The summed E-state index contributed by atoms with van der Waals surface area (Å²) in [6.45, 7) is 2.44. The SMILES string of the molecule is COC(CNc1ncnc2c1c(-c1ccccc1)cn2-c1ccc(C)c(Cl)c1)OC. The zero-order chi connectivity index (χ0) is 21.1. The fraction of sp³-hybridized carbons (Fsp3) is 0.217. The van der Waals surface area contributed by atoms with Crippen LogP contribution in [-0.4, -0.2) is 41.6 Å². The number of aryl methyl sites for hydroxylation is 1. The highest BCUT2D eigenvalue weighted by Crippen LogP contribution is 2.35. The van der Waals surface area contributed by atoms with E-state index in [4.69, 9.17) is 21.1 Å². The van der Waals surface area contributed by atoms with Crippen molar-refractivity contribution >= 4 is 28.5 Å². The van der Waals surface area contributed by atoms with Gasteiger partial charge >= 0.3 is 0 Å². The molecule has 0 atom stereocenters. The minimum atomic E-state index is -0.381. The maximum Gasteiger partial charge on any atom is 0.173 e. The lowest BCUT2D eigenvalue weighted by Crippen LogP contribution is -2.24. The normalized spacial score (nSPS) is 11.4. The van der Waals surface area contributed by atoms with E-state index in [0.29, 0.717) is 11.6 Å². The first-order chi connectivity index (χ1) is 14.6. The van der Waals surface area contributed by atoms with Crippen molar-refractivity contribution in [1.82, 2.24) is 14.5 Å². The lowest BCUT2D eigenvalue weighted by molar-refractivity contribution is -0.0914. The Labute approximate surface area is 180 Å². The van der Waals surface area contributed by atoms with Gasteiger partial charge < -0.3 is 19.4 Å². The van der Waals surface area contributed by atoms with Gasteiger partial charge in [-0.25, -0.2) is 9.97 Å². The van der Waals surface area contributed by atoms with Crippen molar-refractivity contribution in [3.63, 3.8) is 0 Å². The molecule has 0 aliphatic carbocycles. The summed E-state index contributed by atoms with van der Waals surface area (Å²) in [6, 6.07) is 16.2. The predicted molar refractivity (Wildman–Crippen MR) is 120 cm³/mol. The molecule has 0 aliphatic heterocycles. The molecule has 0 aliphatic rings. The molecule has 2 heterocycles. The van der Waals surface area contributed by atoms with Crippen molar-refractivity contribution in [2.24, 2.45) is 0 Å². The minimum Gasteiger partial charge on any atom is -0.364 e. The van der Waals surface area contributed by atoms with Crippen molar-refractivity contribution in [1.29, 1.82) is 0 Å². The Morgan fingerprint density at radius 1 is 1.07 bits per heavy atom. The summed E-state index contributed by atoms with van der Waals surface area (Å²) in [5.41, 5.74) is 4.86. The number of halogens is 1. The van der Waals surface area contributed by atoms with Crippen molar-refractivity contribution in [3.05, 3.63) is 71.6 Å². The van der Waals surface area contributed by atoms with Crippen LogP contribution in [0, 0.1) is 6.92 Å². The lowest BCUT2D eigenvalue weighted by atomic mass is 10.1. The quantitative estimate of drug-likeness (QED) is 0.421. The number of hydrogen-bond donors (Lipinski definition) is 1. The number of nitrogens with one attached hydrogen (secondary N) is 1. The average molecular weight is 423 g/mol. The number of ether oxygens (including phenoxy) is 2. The monoisotopic (exact) mass is 422 g/mol. The summed E-state index contributed by atoms with van der Waals surface area (Å²) in [4.78, 5) is 9.09. The third-order valence-corrected chi connectivity index (χ3v) is 5.47. The first-order valence-corrected chi connectivity index (χ1v) is 9.97. The zero-order valence-corrected chi connectivity index (χ0v) is 17.8. The van der Waals surface area contributed by atoms with Crippen LogP contribution in [0.3, 0.4) is 0 Å². The van der Waals surface area contributed by atoms with Crippen LogP contribution in [0.25, 0.3) is 27.8 Å². The molecule has 1 N–H and O–H groups in total. The van der Waals surface area contributed by atoms with Crippen molar-refractivity contribution < 1.29 is 9.47 Å². The van der Waals surface area contributed by atoms with Crippen LogP contribution < -0.4 is 5.32 Å². The molecule has 6 nitrogen and oxygen atoms in total. The van der Waals surface area contributed by atoms with E-state index in [1.807, 2.05) is 47.9 Å². The Bertz CT molecular complexity index is 1160. The maximum absolute atomic E-state index is 6.40. The van der Waals surface area contributed by atoms with Gasteiger partial charge in [-0.15, -0.1) is 0 Å². The number of rotatable bonds is 7. The molecule has 0 amide bonds. The molecule has 0 bridgehead atoms. The van der Waals surface area contributed by atoms with Gasteiger partial charge in [-0.3, -0.25) is 0 Å². The molecule has 0 radical (unpaired) electrons. The lowest BCUT2D eigenvalue weighted by Gasteiger charge is -2.15. The fourth-order valence-corrected chi connectivity index (χ4v) is 3.58. The summed E-state index contributed by atoms with van der Waals surface area (Å²) in [5, 5.41) is 4.98. The molecule has 2 aromatic heterocycles. The molecule has 4 aromatic rings. The van der Waals surface area contributed by atoms with Gasteiger partial charge in [0.1, 0.15) is 12.1 Å².